The maximum atomic E-state index is 14.0. The van der Waals surface area contributed by atoms with E-state index >= 15 is 0 Å². The Morgan fingerprint density at radius 2 is 1.84 bits per heavy atom. The first-order valence-electron chi connectivity index (χ1n) is 12.2. The SMILES string of the molecule is Cc1noc(C=Cc2ccc(F)cc2F)c1S(=O)(=O)N1CCC(C(=O)N2c3ccccc3CC2C)CC1. The molecule has 2 aromatic carbocycles. The van der Waals surface area contributed by atoms with Crippen molar-refractivity contribution in [3.63, 3.8) is 0 Å². The molecule has 194 valence electrons. The van der Waals surface area contributed by atoms with Crippen molar-refractivity contribution in [3.8, 4) is 0 Å². The number of hydrogen-bond donors (Lipinski definition) is 0. The maximum Gasteiger partial charge on any atom is 0.248 e. The average Bonchev–Trinajstić information content (AvgIpc) is 3.42. The van der Waals surface area contributed by atoms with Crippen LogP contribution in [0.25, 0.3) is 12.2 Å². The second-order valence-electron chi connectivity index (χ2n) is 9.53. The Hall–Kier alpha value is -3.37. The van der Waals surface area contributed by atoms with Crippen molar-refractivity contribution >= 4 is 33.8 Å². The van der Waals surface area contributed by atoms with Gasteiger partial charge in [0.2, 0.25) is 15.9 Å². The molecule has 0 aliphatic carbocycles. The summed E-state index contributed by atoms with van der Waals surface area (Å²) in [6, 6.07) is 11.0. The van der Waals surface area contributed by atoms with Crippen molar-refractivity contribution in [1.82, 2.24) is 9.46 Å². The van der Waals surface area contributed by atoms with E-state index in [4.69, 9.17) is 4.52 Å². The van der Waals surface area contributed by atoms with Gasteiger partial charge in [0.1, 0.15) is 17.3 Å². The number of aromatic nitrogens is 1. The highest BCUT2D eigenvalue weighted by molar-refractivity contribution is 7.89. The third kappa shape index (κ3) is 4.71. The van der Waals surface area contributed by atoms with E-state index in [1.54, 1.807) is 0 Å². The van der Waals surface area contributed by atoms with Crippen LogP contribution in [0.3, 0.4) is 0 Å². The van der Waals surface area contributed by atoms with Crippen LogP contribution in [0.1, 0.15) is 42.3 Å². The highest BCUT2D eigenvalue weighted by Gasteiger charge is 2.39. The molecule has 1 unspecified atom stereocenters. The summed E-state index contributed by atoms with van der Waals surface area (Å²) in [4.78, 5) is 15.2. The minimum atomic E-state index is -3.98. The van der Waals surface area contributed by atoms with Crippen LogP contribution < -0.4 is 4.90 Å². The Morgan fingerprint density at radius 3 is 2.57 bits per heavy atom. The van der Waals surface area contributed by atoms with Crippen LogP contribution in [-0.2, 0) is 21.2 Å². The lowest BCUT2D eigenvalue weighted by Gasteiger charge is -2.34. The zero-order valence-corrected chi connectivity index (χ0v) is 21.3. The van der Waals surface area contributed by atoms with E-state index < -0.39 is 21.7 Å². The number of rotatable bonds is 5. The van der Waals surface area contributed by atoms with Gasteiger partial charge >= 0.3 is 0 Å². The van der Waals surface area contributed by atoms with Crippen LogP contribution in [0.15, 0.2) is 51.9 Å². The number of fused-ring (bicyclic) bond motifs is 1. The lowest BCUT2D eigenvalue weighted by Crippen LogP contribution is -2.46. The molecule has 0 saturated carbocycles. The number of hydrogen-bond acceptors (Lipinski definition) is 5. The van der Waals surface area contributed by atoms with Crippen molar-refractivity contribution in [2.45, 2.75) is 44.0 Å². The number of carbonyl (C=O) groups is 1. The molecule has 10 heteroatoms. The minimum Gasteiger partial charge on any atom is -0.355 e. The first-order chi connectivity index (χ1) is 17.7. The van der Waals surface area contributed by atoms with E-state index in [1.807, 2.05) is 36.1 Å². The molecule has 3 heterocycles. The predicted octanol–water partition coefficient (Wildman–Crippen LogP) is 4.81. The number of piperidine rings is 1. The summed E-state index contributed by atoms with van der Waals surface area (Å²) in [5.74, 6) is -1.77. The van der Waals surface area contributed by atoms with Gasteiger partial charge in [0.15, 0.2) is 10.7 Å². The van der Waals surface area contributed by atoms with E-state index in [0.29, 0.717) is 12.8 Å². The molecule has 2 aliphatic rings. The number of halogens is 2. The molecule has 3 aromatic rings. The third-order valence-corrected chi connectivity index (χ3v) is 9.11. The van der Waals surface area contributed by atoms with Gasteiger partial charge in [0, 0.05) is 42.4 Å². The fourth-order valence-electron chi connectivity index (χ4n) is 5.17. The van der Waals surface area contributed by atoms with Crippen molar-refractivity contribution in [2.75, 3.05) is 18.0 Å². The largest absolute Gasteiger partial charge is 0.355 e. The summed E-state index contributed by atoms with van der Waals surface area (Å²) >= 11 is 0. The standard InChI is InChI=1S/C27H27F2N3O4S/c1-17-15-21-5-3-4-6-24(21)32(17)27(33)20-11-13-31(14-12-20)37(34,35)26-18(2)30-36-25(26)10-8-19-7-9-22(28)16-23(19)29/h3-10,16-17,20H,11-15H2,1-2H3. The van der Waals surface area contributed by atoms with Crippen molar-refractivity contribution in [1.29, 1.82) is 0 Å². The van der Waals surface area contributed by atoms with Gasteiger partial charge in [0.05, 0.1) is 0 Å². The van der Waals surface area contributed by atoms with Crippen LogP contribution in [0.5, 0.6) is 0 Å². The molecule has 0 N–H and O–H groups in total. The van der Waals surface area contributed by atoms with Gasteiger partial charge in [-0.2, -0.15) is 4.31 Å². The minimum absolute atomic E-state index is 0.0283. The number of anilines is 1. The first-order valence-corrected chi connectivity index (χ1v) is 13.6. The molecule has 2 aliphatic heterocycles. The van der Waals surface area contributed by atoms with Gasteiger partial charge in [-0.05, 0) is 69.0 Å². The van der Waals surface area contributed by atoms with E-state index in [9.17, 15) is 22.0 Å². The quantitative estimate of drug-likeness (QED) is 0.476. The van der Waals surface area contributed by atoms with Crippen molar-refractivity contribution < 1.29 is 26.5 Å². The van der Waals surface area contributed by atoms with Crippen LogP contribution >= 0.6 is 0 Å². The second kappa shape index (κ2) is 9.83. The summed E-state index contributed by atoms with van der Waals surface area (Å²) < 4.78 is 60.8. The highest BCUT2D eigenvalue weighted by atomic mass is 32.2. The topological polar surface area (TPSA) is 83.7 Å². The van der Waals surface area contributed by atoms with E-state index in [-0.39, 0.29) is 52.9 Å². The van der Waals surface area contributed by atoms with Gasteiger partial charge in [-0.3, -0.25) is 4.79 Å². The molecule has 0 bridgehead atoms. The molecule has 1 saturated heterocycles. The van der Waals surface area contributed by atoms with Crippen molar-refractivity contribution in [2.24, 2.45) is 5.92 Å². The molecular formula is C27H27F2N3O4S. The molecule has 0 radical (unpaired) electrons. The predicted molar refractivity (Wildman–Crippen MR) is 135 cm³/mol. The van der Waals surface area contributed by atoms with Gasteiger partial charge in [-0.25, -0.2) is 17.2 Å². The summed E-state index contributed by atoms with van der Waals surface area (Å²) in [5.41, 5.74) is 2.34. The fraction of sp³-hybridized carbons (Fsp3) is 0.333. The molecule has 7 nitrogen and oxygen atoms in total. The van der Waals surface area contributed by atoms with E-state index in [2.05, 4.69) is 5.16 Å². The lowest BCUT2D eigenvalue weighted by molar-refractivity contribution is -0.123. The number of amides is 1. The molecule has 0 spiro atoms. The zero-order chi connectivity index (χ0) is 26.3. The van der Waals surface area contributed by atoms with Gasteiger partial charge in [-0.1, -0.05) is 23.4 Å². The van der Waals surface area contributed by atoms with E-state index in [0.717, 1.165) is 29.8 Å². The van der Waals surface area contributed by atoms with Crippen LogP contribution in [0.2, 0.25) is 0 Å². The zero-order valence-electron chi connectivity index (χ0n) is 20.5. The Balaban J connectivity index is 1.31. The van der Waals surface area contributed by atoms with E-state index in [1.165, 1.54) is 29.4 Å². The highest BCUT2D eigenvalue weighted by Crippen LogP contribution is 2.36. The number of para-hydroxylation sites is 1. The Kier molecular flexibility index (Phi) is 6.72. The molecule has 1 aromatic heterocycles. The van der Waals surface area contributed by atoms with Crippen LogP contribution in [0, 0.1) is 24.5 Å². The molecule has 1 atom stereocenters. The fourth-order valence-corrected chi connectivity index (χ4v) is 6.89. The summed E-state index contributed by atoms with van der Waals surface area (Å²) in [5, 5.41) is 3.81. The number of sulfonamides is 1. The summed E-state index contributed by atoms with van der Waals surface area (Å²) in [6.45, 7) is 3.92. The van der Waals surface area contributed by atoms with Gasteiger partial charge in [0.25, 0.3) is 0 Å². The lowest BCUT2D eigenvalue weighted by atomic mass is 9.96. The third-order valence-electron chi connectivity index (χ3n) is 7.06. The molecule has 5 rings (SSSR count). The number of benzene rings is 2. The van der Waals surface area contributed by atoms with Gasteiger partial charge in [-0.15, -0.1) is 0 Å². The number of nitrogens with zero attached hydrogens (tertiary/aromatic N) is 3. The molecular weight excluding hydrogens is 500 g/mol. The Bertz CT molecular complexity index is 1480. The van der Waals surface area contributed by atoms with Gasteiger partial charge < -0.3 is 9.42 Å². The average molecular weight is 528 g/mol. The number of carbonyl (C=O) groups excluding carboxylic acids is 1. The second-order valence-corrected chi connectivity index (χ2v) is 11.4. The Morgan fingerprint density at radius 1 is 1.11 bits per heavy atom. The molecule has 1 fully saturated rings. The molecule has 37 heavy (non-hydrogen) atoms. The monoisotopic (exact) mass is 527 g/mol. The Labute approximate surface area is 214 Å². The summed E-state index contributed by atoms with van der Waals surface area (Å²) in [6.07, 6.45) is 4.24. The first kappa shape index (κ1) is 25.3. The summed E-state index contributed by atoms with van der Waals surface area (Å²) in [7, 11) is -3.98. The maximum absolute atomic E-state index is 14.0. The van der Waals surface area contributed by atoms with Crippen LogP contribution in [0.4, 0.5) is 14.5 Å². The van der Waals surface area contributed by atoms with Crippen molar-refractivity contribution in [3.05, 3.63) is 76.7 Å². The number of aryl methyl sites for hydroxylation is 1. The van der Waals surface area contributed by atoms with Crippen LogP contribution in [-0.4, -0.2) is 42.9 Å². The molecule has 1 amide bonds. The smallest absolute Gasteiger partial charge is 0.248 e. The normalized spacial score (nSPS) is 19.0.